The van der Waals surface area contributed by atoms with Gasteiger partial charge in [-0.05, 0) is 86.9 Å². The van der Waals surface area contributed by atoms with Gasteiger partial charge in [-0.3, -0.25) is 0 Å². The van der Waals surface area contributed by atoms with Crippen molar-refractivity contribution in [1.29, 1.82) is 0 Å². The summed E-state index contributed by atoms with van der Waals surface area (Å²) in [6.07, 6.45) is 9.90. The van der Waals surface area contributed by atoms with Crippen molar-refractivity contribution in [2.75, 3.05) is 6.61 Å². The number of benzene rings is 2. The third-order valence-electron chi connectivity index (χ3n) is 5.10. The summed E-state index contributed by atoms with van der Waals surface area (Å²) in [5.74, 6) is 1.73. The van der Waals surface area contributed by atoms with E-state index in [2.05, 4.69) is 18.6 Å². The summed E-state index contributed by atoms with van der Waals surface area (Å²) in [6.45, 7) is 2.30. The Morgan fingerprint density at radius 3 is 2.32 bits per heavy atom. The zero-order chi connectivity index (χ0) is 19.8. The summed E-state index contributed by atoms with van der Waals surface area (Å²) in [4.78, 5) is 12.3. The van der Waals surface area contributed by atoms with Gasteiger partial charge in [0.25, 0.3) is 0 Å². The minimum absolute atomic E-state index is 0.0613. The Morgan fingerprint density at radius 2 is 1.68 bits per heavy atom. The molecular formula is C24H28ClO3. The first-order valence-corrected chi connectivity index (χ1v) is 10.5. The number of ether oxygens (including phenoxy) is 2. The Kier molecular flexibility index (Phi) is 7.79. The van der Waals surface area contributed by atoms with Crippen molar-refractivity contribution in [2.24, 2.45) is 5.92 Å². The summed E-state index contributed by atoms with van der Waals surface area (Å²) in [5, 5.41) is -0.0613. The van der Waals surface area contributed by atoms with E-state index in [0.717, 1.165) is 12.3 Å². The number of halogens is 1. The topological polar surface area (TPSA) is 35.5 Å². The average molecular weight is 400 g/mol. The maximum atomic E-state index is 12.3. The van der Waals surface area contributed by atoms with Crippen LogP contribution in [0.5, 0.6) is 11.5 Å². The van der Waals surface area contributed by atoms with E-state index in [1.165, 1.54) is 37.7 Å². The van der Waals surface area contributed by atoms with Crippen LogP contribution in [0.2, 0.25) is 0 Å². The van der Waals surface area contributed by atoms with Crippen LogP contribution >= 0.6 is 11.6 Å². The average Bonchev–Trinajstić information content (AvgIpc) is 2.73. The number of carbonyl (C=O) groups excluding carboxylic acids is 1. The van der Waals surface area contributed by atoms with Crippen molar-refractivity contribution in [1.82, 2.24) is 0 Å². The Labute approximate surface area is 173 Å². The third kappa shape index (κ3) is 6.56. The van der Waals surface area contributed by atoms with Crippen LogP contribution in [0.1, 0.15) is 54.9 Å². The Bertz CT molecular complexity index is 731. The lowest BCUT2D eigenvalue weighted by molar-refractivity contribution is 0.0734. The SMILES string of the molecule is CC(Cl)COc1ccc(C(=O)Oc2ccc(CCC3CC[CH]CC3)cc2)cc1. The number of esters is 1. The molecule has 0 aliphatic heterocycles. The molecule has 149 valence electrons. The molecule has 0 amide bonds. The fraction of sp³-hybridized carbons (Fsp3) is 0.417. The highest BCUT2D eigenvalue weighted by molar-refractivity contribution is 6.20. The first-order valence-electron chi connectivity index (χ1n) is 10.1. The predicted molar refractivity (Wildman–Crippen MR) is 113 cm³/mol. The van der Waals surface area contributed by atoms with Gasteiger partial charge in [0, 0.05) is 0 Å². The fourth-order valence-corrected chi connectivity index (χ4v) is 3.51. The summed E-state index contributed by atoms with van der Waals surface area (Å²) in [7, 11) is 0. The molecule has 1 aliphatic rings. The fourth-order valence-electron chi connectivity index (χ4n) is 3.44. The summed E-state index contributed by atoms with van der Waals surface area (Å²) < 4.78 is 11.0. The molecule has 0 saturated heterocycles. The van der Waals surface area contributed by atoms with E-state index in [9.17, 15) is 4.79 Å². The zero-order valence-corrected chi connectivity index (χ0v) is 17.2. The van der Waals surface area contributed by atoms with Crippen molar-refractivity contribution in [3.05, 3.63) is 66.1 Å². The largest absolute Gasteiger partial charge is 0.492 e. The van der Waals surface area contributed by atoms with E-state index in [4.69, 9.17) is 21.1 Å². The Balaban J connectivity index is 1.48. The molecule has 3 rings (SSSR count). The lowest BCUT2D eigenvalue weighted by atomic mass is 9.85. The second-order valence-electron chi connectivity index (χ2n) is 7.50. The monoisotopic (exact) mass is 399 g/mol. The van der Waals surface area contributed by atoms with E-state index >= 15 is 0 Å². The van der Waals surface area contributed by atoms with Crippen LogP contribution in [0.3, 0.4) is 0 Å². The van der Waals surface area contributed by atoms with Gasteiger partial charge in [0.15, 0.2) is 0 Å². The van der Waals surface area contributed by atoms with Crippen LogP contribution in [-0.2, 0) is 6.42 Å². The lowest BCUT2D eigenvalue weighted by Gasteiger charge is -2.21. The van der Waals surface area contributed by atoms with Gasteiger partial charge in [0.1, 0.15) is 18.1 Å². The van der Waals surface area contributed by atoms with Crippen LogP contribution < -0.4 is 9.47 Å². The van der Waals surface area contributed by atoms with E-state index in [-0.39, 0.29) is 11.3 Å². The van der Waals surface area contributed by atoms with Gasteiger partial charge in [0.05, 0.1) is 10.9 Å². The predicted octanol–water partition coefficient (Wildman–Crippen LogP) is 6.24. The number of hydrogen-bond acceptors (Lipinski definition) is 3. The van der Waals surface area contributed by atoms with Crippen LogP contribution in [0, 0.1) is 12.3 Å². The molecule has 3 nitrogen and oxygen atoms in total. The van der Waals surface area contributed by atoms with Crippen LogP contribution in [0.15, 0.2) is 48.5 Å². The first-order chi connectivity index (χ1) is 13.6. The highest BCUT2D eigenvalue weighted by Crippen LogP contribution is 2.27. The minimum atomic E-state index is -0.372. The molecule has 0 heterocycles. The van der Waals surface area contributed by atoms with Gasteiger partial charge in [-0.15, -0.1) is 11.6 Å². The second kappa shape index (κ2) is 10.5. The maximum absolute atomic E-state index is 12.3. The molecule has 1 atom stereocenters. The standard InChI is InChI=1S/C24H28ClO3/c1-18(25)17-27-22-15-11-21(12-16-22)24(26)28-23-13-9-20(10-14-23)8-7-19-5-3-2-4-6-19/h2,9-16,18-19H,3-8,17H2,1H3. The molecule has 4 heteroatoms. The van der Waals surface area contributed by atoms with Crippen molar-refractivity contribution in [3.63, 3.8) is 0 Å². The van der Waals surface area contributed by atoms with Crippen molar-refractivity contribution in [3.8, 4) is 11.5 Å². The highest BCUT2D eigenvalue weighted by atomic mass is 35.5. The van der Waals surface area contributed by atoms with Gasteiger partial charge in [-0.2, -0.15) is 0 Å². The molecule has 2 aromatic rings. The number of carbonyl (C=O) groups is 1. The summed E-state index contributed by atoms with van der Waals surface area (Å²) >= 11 is 5.87. The highest BCUT2D eigenvalue weighted by Gasteiger charge is 2.13. The molecule has 2 aromatic carbocycles. The van der Waals surface area contributed by atoms with E-state index < -0.39 is 0 Å². The molecule has 1 aliphatic carbocycles. The normalized spacial score (nSPS) is 15.8. The number of hydrogen-bond donors (Lipinski definition) is 0. The molecule has 1 fully saturated rings. The number of rotatable bonds is 8. The van der Waals surface area contributed by atoms with Crippen LogP contribution in [-0.4, -0.2) is 18.0 Å². The van der Waals surface area contributed by atoms with E-state index in [1.807, 2.05) is 19.1 Å². The zero-order valence-electron chi connectivity index (χ0n) is 16.4. The molecule has 1 saturated carbocycles. The van der Waals surface area contributed by atoms with Crippen molar-refractivity contribution >= 4 is 17.6 Å². The van der Waals surface area contributed by atoms with Crippen molar-refractivity contribution < 1.29 is 14.3 Å². The quantitative estimate of drug-likeness (QED) is 0.299. The summed E-state index contributed by atoms with van der Waals surface area (Å²) in [5.41, 5.74) is 1.79. The number of alkyl halides is 1. The molecule has 1 unspecified atom stereocenters. The van der Waals surface area contributed by atoms with Gasteiger partial charge in [0.2, 0.25) is 0 Å². The van der Waals surface area contributed by atoms with Crippen LogP contribution in [0.25, 0.3) is 0 Å². The first kappa shape index (κ1) is 20.7. The molecule has 28 heavy (non-hydrogen) atoms. The smallest absolute Gasteiger partial charge is 0.343 e. The third-order valence-corrected chi connectivity index (χ3v) is 5.23. The van der Waals surface area contributed by atoms with Gasteiger partial charge >= 0.3 is 5.97 Å². The van der Waals surface area contributed by atoms with Crippen molar-refractivity contribution in [2.45, 2.75) is 50.8 Å². The van der Waals surface area contributed by atoms with Crippen LogP contribution in [0.4, 0.5) is 0 Å². The lowest BCUT2D eigenvalue weighted by Crippen LogP contribution is -2.10. The Morgan fingerprint density at radius 1 is 1.04 bits per heavy atom. The maximum Gasteiger partial charge on any atom is 0.343 e. The minimum Gasteiger partial charge on any atom is -0.492 e. The molecule has 0 bridgehead atoms. The Hall–Kier alpha value is -2.00. The molecule has 1 radical (unpaired) electrons. The molecule has 0 N–H and O–H groups in total. The van der Waals surface area contributed by atoms with E-state index in [0.29, 0.717) is 23.7 Å². The second-order valence-corrected chi connectivity index (χ2v) is 8.24. The van der Waals surface area contributed by atoms with Gasteiger partial charge < -0.3 is 9.47 Å². The van der Waals surface area contributed by atoms with E-state index in [1.54, 1.807) is 24.3 Å². The van der Waals surface area contributed by atoms with Gasteiger partial charge in [-0.25, -0.2) is 4.79 Å². The molecule has 0 spiro atoms. The summed E-state index contributed by atoms with van der Waals surface area (Å²) in [6, 6.07) is 14.8. The molecule has 0 aromatic heterocycles. The number of aryl methyl sites for hydroxylation is 1. The molecular weight excluding hydrogens is 372 g/mol. The van der Waals surface area contributed by atoms with Gasteiger partial charge in [-0.1, -0.05) is 25.0 Å².